The Morgan fingerprint density at radius 1 is 1.21 bits per heavy atom. The minimum atomic E-state index is 0.149. The zero-order valence-electron chi connectivity index (χ0n) is 11.6. The van der Waals surface area contributed by atoms with Crippen LogP contribution in [0.3, 0.4) is 0 Å². The van der Waals surface area contributed by atoms with Gasteiger partial charge in [-0.3, -0.25) is 9.69 Å². The van der Waals surface area contributed by atoms with E-state index in [0.29, 0.717) is 6.04 Å². The Bertz CT molecular complexity index is 424. The third kappa shape index (κ3) is 3.57. The minimum Gasteiger partial charge on any atom is -0.336 e. The molecule has 1 heterocycles. The highest BCUT2D eigenvalue weighted by Gasteiger charge is 2.23. The van der Waals surface area contributed by atoms with Gasteiger partial charge in [0.05, 0.1) is 0 Å². The summed E-state index contributed by atoms with van der Waals surface area (Å²) in [6, 6.07) is 8.22. The van der Waals surface area contributed by atoms with Gasteiger partial charge in [0.25, 0.3) is 5.91 Å². The van der Waals surface area contributed by atoms with Gasteiger partial charge in [0.2, 0.25) is 0 Å². The molecule has 19 heavy (non-hydrogen) atoms. The molecule has 1 aromatic rings. The molecule has 1 unspecified atom stereocenters. The van der Waals surface area contributed by atoms with Gasteiger partial charge in [-0.25, -0.2) is 0 Å². The van der Waals surface area contributed by atoms with Crippen molar-refractivity contribution >= 4 is 21.8 Å². The Labute approximate surface area is 123 Å². The molecule has 2 rings (SSSR count). The summed E-state index contributed by atoms with van der Waals surface area (Å²) in [7, 11) is 0. The molecule has 1 amide bonds. The molecule has 1 fully saturated rings. The molecule has 0 aliphatic carbocycles. The summed E-state index contributed by atoms with van der Waals surface area (Å²) in [6.45, 7) is 8.10. The molecule has 1 aliphatic rings. The van der Waals surface area contributed by atoms with Crippen LogP contribution in [0.2, 0.25) is 0 Å². The second-order valence-corrected chi connectivity index (χ2v) is 6.01. The maximum atomic E-state index is 12.3. The van der Waals surface area contributed by atoms with Crippen molar-refractivity contribution in [2.45, 2.75) is 26.3 Å². The maximum Gasteiger partial charge on any atom is 0.253 e. The number of amides is 1. The lowest BCUT2D eigenvalue weighted by Gasteiger charge is -2.37. The fourth-order valence-corrected chi connectivity index (χ4v) is 2.66. The first-order valence-electron chi connectivity index (χ1n) is 6.90. The predicted molar refractivity (Wildman–Crippen MR) is 81.4 cm³/mol. The van der Waals surface area contributed by atoms with Crippen LogP contribution in [-0.4, -0.2) is 47.9 Å². The van der Waals surface area contributed by atoms with Gasteiger partial charge in [-0.05, 0) is 37.6 Å². The molecule has 0 saturated carbocycles. The fraction of sp³-hybridized carbons (Fsp3) is 0.533. The zero-order chi connectivity index (χ0) is 13.8. The molecule has 1 aliphatic heterocycles. The molecule has 104 valence electrons. The second-order valence-electron chi connectivity index (χ2n) is 5.09. The summed E-state index contributed by atoms with van der Waals surface area (Å²) in [5, 5.41) is 0. The van der Waals surface area contributed by atoms with Crippen molar-refractivity contribution in [1.29, 1.82) is 0 Å². The van der Waals surface area contributed by atoms with E-state index in [4.69, 9.17) is 0 Å². The van der Waals surface area contributed by atoms with Crippen molar-refractivity contribution in [1.82, 2.24) is 9.80 Å². The lowest BCUT2D eigenvalue weighted by molar-refractivity contribution is 0.0579. The van der Waals surface area contributed by atoms with E-state index in [1.54, 1.807) is 0 Å². The summed E-state index contributed by atoms with van der Waals surface area (Å²) in [5.74, 6) is 0.149. The third-order valence-electron chi connectivity index (χ3n) is 3.91. The fourth-order valence-electron chi connectivity index (χ4n) is 2.40. The standard InChI is InChI=1S/C15H21BrN2O/c1-3-12(2)17-8-10-18(11-9-17)15(19)13-4-6-14(16)7-5-13/h4-7,12H,3,8-11H2,1-2H3. The first-order chi connectivity index (χ1) is 9.11. The largest absolute Gasteiger partial charge is 0.336 e. The summed E-state index contributed by atoms with van der Waals surface area (Å²) in [6.07, 6.45) is 1.17. The van der Waals surface area contributed by atoms with Crippen LogP contribution in [0, 0.1) is 0 Å². The molecule has 0 spiro atoms. The van der Waals surface area contributed by atoms with Gasteiger partial charge in [-0.2, -0.15) is 0 Å². The number of halogens is 1. The number of hydrogen-bond donors (Lipinski definition) is 0. The van der Waals surface area contributed by atoms with E-state index < -0.39 is 0 Å². The monoisotopic (exact) mass is 324 g/mol. The highest BCUT2D eigenvalue weighted by atomic mass is 79.9. The molecule has 1 saturated heterocycles. The molecule has 1 aromatic carbocycles. The lowest BCUT2D eigenvalue weighted by Crippen LogP contribution is -2.51. The number of carbonyl (C=O) groups excluding carboxylic acids is 1. The molecule has 0 radical (unpaired) electrons. The SMILES string of the molecule is CCC(C)N1CCN(C(=O)c2ccc(Br)cc2)CC1. The number of benzene rings is 1. The molecule has 0 bridgehead atoms. The Kier molecular flexibility index (Phi) is 4.99. The van der Waals surface area contributed by atoms with Gasteiger partial charge in [-0.15, -0.1) is 0 Å². The quantitative estimate of drug-likeness (QED) is 0.853. The van der Waals surface area contributed by atoms with E-state index in [2.05, 4.69) is 34.7 Å². The highest BCUT2D eigenvalue weighted by molar-refractivity contribution is 9.10. The maximum absolute atomic E-state index is 12.3. The van der Waals surface area contributed by atoms with Crippen molar-refractivity contribution in [3.8, 4) is 0 Å². The van der Waals surface area contributed by atoms with Crippen molar-refractivity contribution in [3.05, 3.63) is 34.3 Å². The highest BCUT2D eigenvalue weighted by Crippen LogP contribution is 2.14. The molecule has 0 aromatic heterocycles. The Morgan fingerprint density at radius 3 is 2.32 bits per heavy atom. The second kappa shape index (κ2) is 6.53. The average molecular weight is 325 g/mol. The van der Waals surface area contributed by atoms with E-state index >= 15 is 0 Å². The van der Waals surface area contributed by atoms with Gasteiger partial charge in [0, 0.05) is 42.3 Å². The predicted octanol–water partition coefficient (Wildman–Crippen LogP) is 3.01. The van der Waals surface area contributed by atoms with Crippen LogP contribution in [0.1, 0.15) is 30.6 Å². The first-order valence-corrected chi connectivity index (χ1v) is 7.70. The van der Waals surface area contributed by atoms with E-state index in [1.165, 1.54) is 6.42 Å². The van der Waals surface area contributed by atoms with E-state index in [-0.39, 0.29) is 5.91 Å². The molecule has 4 heteroatoms. The summed E-state index contributed by atoms with van der Waals surface area (Å²) in [5.41, 5.74) is 0.778. The van der Waals surface area contributed by atoms with Crippen LogP contribution in [0.5, 0.6) is 0 Å². The molecular formula is C15H21BrN2O. The van der Waals surface area contributed by atoms with E-state index in [1.807, 2.05) is 29.2 Å². The molecule has 3 nitrogen and oxygen atoms in total. The summed E-state index contributed by atoms with van der Waals surface area (Å²) in [4.78, 5) is 16.8. The van der Waals surface area contributed by atoms with Crippen LogP contribution in [0.25, 0.3) is 0 Å². The smallest absolute Gasteiger partial charge is 0.253 e. The summed E-state index contributed by atoms with van der Waals surface area (Å²) < 4.78 is 1.01. The third-order valence-corrected chi connectivity index (χ3v) is 4.44. The van der Waals surface area contributed by atoms with Gasteiger partial charge in [-0.1, -0.05) is 22.9 Å². The van der Waals surface area contributed by atoms with Gasteiger partial charge in [0.1, 0.15) is 0 Å². The zero-order valence-corrected chi connectivity index (χ0v) is 13.2. The van der Waals surface area contributed by atoms with Crippen LogP contribution >= 0.6 is 15.9 Å². The molecular weight excluding hydrogens is 304 g/mol. The van der Waals surface area contributed by atoms with Crippen LogP contribution in [-0.2, 0) is 0 Å². The number of carbonyl (C=O) groups is 1. The van der Waals surface area contributed by atoms with Gasteiger partial charge >= 0.3 is 0 Å². The minimum absolute atomic E-state index is 0.149. The van der Waals surface area contributed by atoms with Crippen LogP contribution in [0.15, 0.2) is 28.7 Å². The van der Waals surface area contributed by atoms with Crippen molar-refractivity contribution in [2.75, 3.05) is 26.2 Å². The van der Waals surface area contributed by atoms with Crippen LogP contribution in [0.4, 0.5) is 0 Å². The van der Waals surface area contributed by atoms with Crippen molar-refractivity contribution in [2.24, 2.45) is 0 Å². The van der Waals surface area contributed by atoms with E-state index in [0.717, 1.165) is 36.2 Å². The topological polar surface area (TPSA) is 23.6 Å². The average Bonchev–Trinajstić information content (AvgIpc) is 2.46. The van der Waals surface area contributed by atoms with E-state index in [9.17, 15) is 4.79 Å². The number of hydrogen-bond acceptors (Lipinski definition) is 2. The Balaban J connectivity index is 1.94. The molecule has 1 atom stereocenters. The normalized spacial score (nSPS) is 18.4. The Hall–Kier alpha value is -0.870. The van der Waals surface area contributed by atoms with Gasteiger partial charge in [0.15, 0.2) is 0 Å². The lowest BCUT2D eigenvalue weighted by atomic mass is 10.1. The Morgan fingerprint density at radius 2 is 1.79 bits per heavy atom. The van der Waals surface area contributed by atoms with Crippen LogP contribution < -0.4 is 0 Å². The number of rotatable bonds is 3. The number of nitrogens with zero attached hydrogens (tertiary/aromatic N) is 2. The van der Waals surface area contributed by atoms with Crippen molar-refractivity contribution < 1.29 is 4.79 Å². The first kappa shape index (κ1) is 14.5. The van der Waals surface area contributed by atoms with Gasteiger partial charge < -0.3 is 4.90 Å². The summed E-state index contributed by atoms with van der Waals surface area (Å²) >= 11 is 3.39. The van der Waals surface area contributed by atoms with Crippen molar-refractivity contribution in [3.63, 3.8) is 0 Å². The molecule has 0 N–H and O–H groups in total. The number of piperazine rings is 1.